The molecular formula is C16H23N3O5. The number of carbonyl (C=O) groups excluding carboxylic acids is 1. The highest BCUT2D eigenvalue weighted by molar-refractivity contribution is 5.75. The number of amides is 1. The summed E-state index contributed by atoms with van der Waals surface area (Å²) in [5, 5.41) is 22.5. The maximum Gasteiger partial charge on any atom is 0.275 e. The number of ether oxygens (including phenoxy) is 1. The topological polar surface area (TPSA) is 105 Å². The van der Waals surface area contributed by atoms with Gasteiger partial charge in [-0.1, -0.05) is 0 Å². The third-order valence-electron chi connectivity index (χ3n) is 3.85. The first-order chi connectivity index (χ1) is 11.5. The van der Waals surface area contributed by atoms with Crippen LogP contribution in [0.15, 0.2) is 18.2 Å². The van der Waals surface area contributed by atoms with E-state index in [1.165, 1.54) is 25.1 Å². The van der Waals surface area contributed by atoms with Crippen LogP contribution in [0.25, 0.3) is 0 Å². The van der Waals surface area contributed by atoms with E-state index in [1.54, 1.807) is 0 Å². The van der Waals surface area contributed by atoms with E-state index >= 15 is 0 Å². The summed E-state index contributed by atoms with van der Waals surface area (Å²) in [4.78, 5) is 22.1. The number of aliphatic hydroxyl groups is 1. The highest BCUT2D eigenvalue weighted by atomic mass is 16.6. The highest BCUT2D eigenvalue weighted by Gasteiger charge is 2.18. The van der Waals surface area contributed by atoms with E-state index in [9.17, 15) is 20.0 Å². The summed E-state index contributed by atoms with van der Waals surface area (Å²) in [5.74, 6) is 0.408. The van der Waals surface area contributed by atoms with Crippen molar-refractivity contribution in [1.29, 1.82) is 0 Å². The van der Waals surface area contributed by atoms with Crippen LogP contribution in [-0.2, 0) is 4.79 Å². The van der Waals surface area contributed by atoms with Gasteiger partial charge in [-0.05, 0) is 38.3 Å². The van der Waals surface area contributed by atoms with Gasteiger partial charge in [0, 0.05) is 25.6 Å². The minimum atomic E-state index is -0.958. The Kier molecular flexibility index (Phi) is 6.51. The molecule has 0 aliphatic carbocycles. The summed E-state index contributed by atoms with van der Waals surface area (Å²) in [6, 6.07) is 4.28. The molecule has 1 saturated heterocycles. The van der Waals surface area contributed by atoms with Gasteiger partial charge in [0.2, 0.25) is 5.91 Å². The van der Waals surface area contributed by atoms with Gasteiger partial charge in [0.25, 0.3) is 5.69 Å². The van der Waals surface area contributed by atoms with Crippen molar-refractivity contribution in [3.05, 3.63) is 33.9 Å². The van der Waals surface area contributed by atoms with Gasteiger partial charge < -0.3 is 9.84 Å². The molecule has 132 valence electrons. The van der Waals surface area contributed by atoms with Gasteiger partial charge in [-0.3, -0.25) is 20.3 Å². The summed E-state index contributed by atoms with van der Waals surface area (Å²) < 4.78 is 5.52. The van der Waals surface area contributed by atoms with E-state index in [0.717, 1.165) is 25.9 Å². The second-order valence-electron chi connectivity index (χ2n) is 5.83. The van der Waals surface area contributed by atoms with Gasteiger partial charge in [-0.15, -0.1) is 0 Å². The predicted octanol–water partition coefficient (Wildman–Crippen LogP) is 1.93. The number of rotatable bonds is 8. The average Bonchev–Trinajstić information content (AvgIpc) is 3.04. The summed E-state index contributed by atoms with van der Waals surface area (Å²) >= 11 is 0. The first kappa shape index (κ1) is 18.2. The van der Waals surface area contributed by atoms with Crippen LogP contribution in [0, 0.1) is 10.1 Å². The molecule has 1 atom stereocenters. The maximum atomic E-state index is 11.8. The molecular weight excluding hydrogens is 314 g/mol. The summed E-state index contributed by atoms with van der Waals surface area (Å²) in [5.41, 5.74) is 2.93. The molecule has 1 aromatic rings. The van der Waals surface area contributed by atoms with Crippen LogP contribution in [0.1, 0.15) is 44.3 Å². The number of nitro groups is 1. The number of carbonyl (C=O) groups is 1. The third-order valence-corrected chi connectivity index (χ3v) is 3.85. The fourth-order valence-corrected chi connectivity index (χ4v) is 2.61. The second-order valence-corrected chi connectivity index (χ2v) is 5.83. The predicted molar refractivity (Wildman–Crippen MR) is 87.4 cm³/mol. The first-order valence-corrected chi connectivity index (χ1v) is 8.11. The molecule has 0 bridgehead atoms. The molecule has 0 saturated carbocycles. The van der Waals surface area contributed by atoms with E-state index in [1.807, 2.05) is 5.01 Å². The first-order valence-electron chi connectivity index (χ1n) is 8.11. The highest BCUT2D eigenvalue weighted by Crippen LogP contribution is 2.29. The van der Waals surface area contributed by atoms with Crippen molar-refractivity contribution in [2.75, 3.05) is 19.7 Å². The molecule has 24 heavy (non-hydrogen) atoms. The van der Waals surface area contributed by atoms with Gasteiger partial charge >= 0.3 is 0 Å². The second kappa shape index (κ2) is 8.60. The molecule has 0 spiro atoms. The van der Waals surface area contributed by atoms with Crippen molar-refractivity contribution in [3.63, 3.8) is 0 Å². The van der Waals surface area contributed by atoms with E-state index in [4.69, 9.17) is 4.74 Å². The van der Waals surface area contributed by atoms with Crippen molar-refractivity contribution in [2.45, 2.75) is 38.7 Å². The van der Waals surface area contributed by atoms with Crippen molar-refractivity contribution in [3.8, 4) is 5.75 Å². The fraction of sp³-hybridized carbons (Fsp3) is 0.562. The van der Waals surface area contributed by atoms with Crippen LogP contribution in [0.5, 0.6) is 5.75 Å². The Labute approximate surface area is 140 Å². The van der Waals surface area contributed by atoms with Gasteiger partial charge in [0.05, 0.1) is 23.2 Å². The molecule has 1 amide bonds. The number of benzene rings is 1. The zero-order valence-corrected chi connectivity index (χ0v) is 13.7. The van der Waals surface area contributed by atoms with Gasteiger partial charge in [0.15, 0.2) is 0 Å². The van der Waals surface area contributed by atoms with Crippen molar-refractivity contribution in [2.24, 2.45) is 0 Å². The number of hydrogen-bond acceptors (Lipinski definition) is 6. The van der Waals surface area contributed by atoms with E-state index in [2.05, 4.69) is 5.43 Å². The van der Waals surface area contributed by atoms with E-state index in [0.29, 0.717) is 25.2 Å². The summed E-state index contributed by atoms with van der Waals surface area (Å²) in [6.45, 7) is 3.58. The standard InChI is InChI=1S/C16H23N3O5/c1-12(20)14-11-13(6-7-15(14)19(22)23)24-10-4-5-16(21)17-18-8-2-3-9-18/h6-7,11-12,20H,2-5,8-10H2,1H3,(H,17,21). The van der Waals surface area contributed by atoms with Crippen LogP contribution in [0.4, 0.5) is 5.69 Å². The minimum Gasteiger partial charge on any atom is -0.494 e. The van der Waals surface area contributed by atoms with Crippen LogP contribution < -0.4 is 10.2 Å². The van der Waals surface area contributed by atoms with Crippen LogP contribution in [0.3, 0.4) is 0 Å². The zero-order chi connectivity index (χ0) is 17.5. The molecule has 2 rings (SSSR count). The molecule has 2 N–H and O–H groups in total. The largest absolute Gasteiger partial charge is 0.494 e. The van der Waals surface area contributed by atoms with Gasteiger partial charge in [-0.2, -0.15) is 0 Å². The van der Waals surface area contributed by atoms with Gasteiger partial charge in [-0.25, -0.2) is 5.01 Å². The quantitative estimate of drug-likeness (QED) is 0.427. The molecule has 1 fully saturated rings. The SMILES string of the molecule is CC(O)c1cc(OCCCC(=O)NN2CCCC2)ccc1[N+](=O)[O-]. The normalized spacial score (nSPS) is 15.9. The maximum absolute atomic E-state index is 11.8. The molecule has 1 aliphatic rings. The zero-order valence-electron chi connectivity index (χ0n) is 13.7. The summed E-state index contributed by atoms with van der Waals surface area (Å²) in [6.07, 6.45) is 2.15. The third kappa shape index (κ3) is 5.17. The fourth-order valence-electron chi connectivity index (χ4n) is 2.61. The van der Waals surface area contributed by atoms with E-state index < -0.39 is 11.0 Å². The van der Waals surface area contributed by atoms with Crippen LogP contribution >= 0.6 is 0 Å². The van der Waals surface area contributed by atoms with Gasteiger partial charge in [0.1, 0.15) is 5.75 Å². The van der Waals surface area contributed by atoms with Crippen molar-refractivity contribution < 1.29 is 19.6 Å². The lowest BCUT2D eigenvalue weighted by atomic mass is 10.1. The van der Waals surface area contributed by atoms with Crippen molar-refractivity contribution >= 4 is 11.6 Å². The Bertz CT molecular complexity index is 585. The molecule has 8 nitrogen and oxygen atoms in total. The molecule has 1 aromatic carbocycles. The number of nitrogens with zero attached hydrogens (tertiary/aromatic N) is 2. The number of hydrazine groups is 1. The molecule has 1 aliphatic heterocycles. The lowest BCUT2D eigenvalue weighted by Gasteiger charge is -2.16. The van der Waals surface area contributed by atoms with E-state index in [-0.39, 0.29) is 17.2 Å². The Morgan fingerprint density at radius 3 is 2.79 bits per heavy atom. The van der Waals surface area contributed by atoms with Crippen LogP contribution in [-0.4, -0.2) is 40.6 Å². The Balaban J connectivity index is 1.78. The number of nitro benzene ring substituents is 1. The molecule has 0 radical (unpaired) electrons. The van der Waals surface area contributed by atoms with Crippen molar-refractivity contribution in [1.82, 2.24) is 10.4 Å². The Morgan fingerprint density at radius 1 is 1.46 bits per heavy atom. The lowest BCUT2D eigenvalue weighted by molar-refractivity contribution is -0.386. The molecule has 0 aromatic heterocycles. The van der Waals surface area contributed by atoms with Crippen LogP contribution in [0.2, 0.25) is 0 Å². The number of aliphatic hydroxyl groups excluding tert-OH is 1. The Hall–Kier alpha value is -2.19. The number of hydrogen-bond donors (Lipinski definition) is 2. The molecule has 1 heterocycles. The lowest BCUT2D eigenvalue weighted by Crippen LogP contribution is -2.39. The minimum absolute atomic E-state index is 0.0335. The Morgan fingerprint density at radius 2 is 2.17 bits per heavy atom. The summed E-state index contributed by atoms with van der Waals surface area (Å²) in [7, 11) is 0. The smallest absolute Gasteiger partial charge is 0.275 e. The molecule has 8 heteroatoms. The average molecular weight is 337 g/mol. The monoisotopic (exact) mass is 337 g/mol. The molecule has 1 unspecified atom stereocenters. The number of nitrogens with one attached hydrogen (secondary N) is 1.